The Morgan fingerprint density at radius 2 is 2.07 bits per heavy atom. The number of fused-ring (bicyclic) bond motifs is 2. The van der Waals surface area contributed by atoms with Crippen LogP contribution in [0.25, 0.3) is 0 Å². The van der Waals surface area contributed by atoms with Gasteiger partial charge in [0.1, 0.15) is 23.9 Å². The van der Waals surface area contributed by atoms with Gasteiger partial charge in [-0.3, -0.25) is 14.4 Å². The minimum atomic E-state index is -1.74. The molecule has 30 heavy (non-hydrogen) atoms. The van der Waals surface area contributed by atoms with Crippen LogP contribution in [0.5, 0.6) is 0 Å². The van der Waals surface area contributed by atoms with Gasteiger partial charge in [0, 0.05) is 36.8 Å². The molecule has 4 aliphatic rings. The van der Waals surface area contributed by atoms with Crippen molar-refractivity contribution in [1.82, 2.24) is 0 Å². The molecule has 0 aliphatic carbocycles. The van der Waals surface area contributed by atoms with Crippen LogP contribution in [-0.2, 0) is 33.3 Å². The maximum absolute atomic E-state index is 13.1. The van der Waals surface area contributed by atoms with E-state index in [1.807, 2.05) is 13.8 Å². The molecule has 2 saturated heterocycles. The van der Waals surface area contributed by atoms with E-state index in [0.29, 0.717) is 17.8 Å². The topological polar surface area (TPSA) is 108 Å². The molecule has 4 rings (SSSR count). The molecule has 0 radical (unpaired) electrons. The fraction of sp³-hybridized carbons (Fsp3) is 0.682. The molecule has 4 aliphatic heterocycles. The maximum Gasteiger partial charge on any atom is 0.318 e. The van der Waals surface area contributed by atoms with Crippen molar-refractivity contribution in [2.45, 2.75) is 71.1 Å². The molecule has 0 unspecified atom stereocenters. The first-order valence-electron chi connectivity index (χ1n) is 10.4. The van der Waals surface area contributed by atoms with Gasteiger partial charge in [0.05, 0.1) is 6.10 Å². The standard InChI is InChI=1S/C22H28O8/c1-6-11(2)22(26)21(5)18-15(28-19(21)25)7-13(10-27-12(3)23)14-8-17(24)20(4,29-14)9-16(18)30-22/h7-8,11,15-16,18,26H,6,9-10H2,1-5H3/b13-7-/t11-,15-,16+,18+,20+,21-,22-/m1/s1. The van der Waals surface area contributed by atoms with Crippen LogP contribution in [0.2, 0.25) is 0 Å². The Balaban J connectivity index is 1.84. The van der Waals surface area contributed by atoms with E-state index in [1.54, 1.807) is 19.9 Å². The predicted octanol–water partition coefficient (Wildman–Crippen LogP) is 1.80. The quantitative estimate of drug-likeness (QED) is 0.686. The van der Waals surface area contributed by atoms with Gasteiger partial charge >= 0.3 is 11.9 Å². The number of hydrogen-bond donors (Lipinski definition) is 1. The molecule has 7 atom stereocenters. The summed E-state index contributed by atoms with van der Waals surface area (Å²) in [6.07, 6.45) is 2.44. The Bertz CT molecular complexity index is 874. The summed E-state index contributed by atoms with van der Waals surface area (Å²) in [6, 6.07) is 0. The first kappa shape index (κ1) is 21.1. The predicted molar refractivity (Wildman–Crippen MR) is 103 cm³/mol. The van der Waals surface area contributed by atoms with Crippen LogP contribution in [0.1, 0.15) is 47.5 Å². The summed E-state index contributed by atoms with van der Waals surface area (Å²) in [6.45, 7) is 8.25. The number of carbonyl (C=O) groups is 3. The number of esters is 2. The monoisotopic (exact) mass is 420 g/mol. The zero-order chi connectivity index (χ0) is 22.1. The third-order valence-corrected chi connectivity index (χ3v) is 7.27. The van der Waals surface area contributed by atoms with Crippen molar-refractivity contribution in [3.8, 4) is 0 Å². The number of aliphatic hydroxyl groups is 1. The van der Waals surface area contributed by atoms with Crippen LogP contribution in [0, 0.1) is 17.3 Å². The number of carbonyl (C=O) groups excluding carboxylic acids is 3. The molecule has 4 heterocycles. The average molecular weight is 420 g/mol. The lowest BCUT2D eigenvalue weighted by Gasteiger charge is -2.38. The van der Waals surface area contributed by atoms with E-state index in [1.165, 1.54) is 13.0 Å². The lowest BCUT2D eigenvalue weighted by molar-refractivity contribution is -0.267. The summed E-state index contributed by atoms with van der Waals surface area (Å²) in [5.74, 6) is -3.56. The highest BCUT2D eigenvalue weighted by Gasteiger charge is 2.75. The molecule has 2 fully saturated rings. The summed E-state index contributed by atoms with van der Waals surface area (Å²) in [5.41, 5.74) is -2.07. The minimum absolute atomic E-state index is 0.122. The zero-order valence-electron chi connectivity index (χ0n) is 17.9. The van der Waals surface area contributed by atoms with E-state index in [2.05, 4.69) is 0 Å². The number of ether oxygens (including phenoxy) is 4. The largest absolute Gasteiger partial charge is 0.479 e. The van der Waals surface area contributed by atoms with Gasteiger partial charge in [-0.15, -0.1) is 0 Å². The Morgan fingerprint density at radius 3 is 2.70 bits per heavy atom. The van der Waals surface area contributed by atoms with Crippen LogP contribution in [0.3, 0.4) is 0 Å². The van der Waals surface area contributed by atoms with Crippen LogP contribution in [-0.4, -0.2) is 53.0 Å². The van der Waals surface area contributed by atoms with Crippen LogP contribution >= 0.6 is 0 Å². The fourth-order valence-corrected chi connectivity index (χ4v) is 5.25. The van der Waals surface area contributed by atoms with Crippen LogP contribution < -0.4 is 0 Å². The second kappa shape index (κ2) is 6.65. The molecule has 2 bridgehead atoms. The summed E-state index contributed by atoms with van der Waals surface area (Å²) in [7, 11) is 0. The molecule has 164 valence electrons. The molecular formula is C22H28O8. The smallest absolute Gasteiger partial charge is 0.318 e. The average Bonchev–Trinajstić information content (AvgIpc) is 3.20. The number of ketones is 1. The Labute approximate surface area is 175 Å². The molecule has 0 saturated carbocycles. The summed E-state index contributed by atoms with van der Waals surface area (Å²) < 4.78 is 23.1. The van der Waals surface area contributed by atoms with Gasteiger partial charge in [0.25, 0.3) is 0 Å². The SMILES string of the molecule is CC[C@@H](C)[C@@]1(O)O[C@H]2C[C@]3(C)OC(=CC3=O)/C(COC(C)=O)=C\[C@H]3OC(=O)[C@@]1(C)[C@H]23. The van der Waals surface area contributed by atoms with Gasteiger partial charge in [-0.2, -0.15) is 0 Å². The van der Waals surface area contributed by atoms with Crippen molar-refractivity contribution in [3.63, 3.8) is 0 Å². The third-order valence-electron chi connectivity index (χ3n) is 7.27. The molecular weight excluding hydrogens is 392 g/mol. The van der Waals surface area contributed by atoms with Crippen molar-refractivity contribution >= 4 is 17.7 Å². The third kappa shape index (κ3) is 2.69. The van der Waals surface area contributed by atoms with Crippen molar-refractivity contribution < 1.29 is 38.4 Å². The summed E-state index contributed by atoms with van der Waals surface area (Å²) in [4.78, 5) is 37.2. The minimum Gasteiger partial charge on any atom is -0.479 e. The maximum atomic E-state index is 13.1. The highest BCUT2D eigenvalue weighted by molar-refractivity contribution is 6.00. The summed E-state index contributed by atoms with van der Waals surface area (Å²) >= 11 is 0. The van der Waals surface area contributed by atoms with Gasteiger partial charge < -0.3 is 24.1 Å². The molecule has 0 amide bonds. The fourth-order valence-electron chi connectivity index (χ4n) is 5.25. The Hall–Kier alpha value is -2.19. The van der Waals surface area contributed by atoms with Crippen molar-refractivity contribution in [3.05, 3.63) is 23.5 Å². The van der Waals surface area contributed by atoms with Crippen LogP contribution in [0.15, 0.2) is 23.5 Å². The van der Waals surface area contributed by atoms with E-state index in [9.17, 15) is 19.5 Å². The molecule has 0 aromatic rings. The van der Waals surface area contributed by atoms with Gasteiger partial charge in [-0.05, 0) is 26.3 Å². The first-order valence-corrected chi connectivity index (χ1v) is 10.4. The van der Waals surface area contributed by atoms with Crippen LogP contribution in [0.4, 0.5) is 0 Å². The first-order chi connectivity index (χ1) is 14.0. The molecule has 0 aromatic heterocycles. The van der Waals surface area contributed by atoms with E-state index < -0.39 is 46.9 Å². The number of rotatable bonds is 4. The van der Waals surface area contributed by atoms with E-state index in [-0.39, 0.29) is 24.7 Å². The van der Waals surface area contributed by atoms with E-state index in [0.717, 1.165) is 0 Å². The van der Waals surface area contributed by atoms with E-state index >= 15 is 0 Å². The lowest BCUT2D eigenvalue weighted by atomic mass is 9.66. The molecule has 8 nitrogen and oxygen atoms in total. The van der Waals surface area contributed by atoms with Crippen molar-refractivity contribution in [2.24, 2.45) is 17.3 Å². The lowest BCUT2D eigenvalue weighted by Crippen LogP contribution is -2.53. The van der Waals surface area contributed by atoms with Crippen molar-refractivity contribution in [1.29, 1.82) is 0 Å². The Kier molecular flexibility index (Phi) is 4.67. The molecule has 0 spiro atoms. The van der Waals surface area contributed by atoms with E-state index in [4.69, 9.17) is 18.9 Å². The number of hydrogen-bond acceptors (Lipinski definition) is 8. The highest BCUT2D eigenvalue weighted by Crippen LogP contribution is 2.61. The molecule has 0 aromatic carbocycles. The summed E-state index contributed by atoms with van der Waals surface area (Å²) in [5, 5.41) is 11.6. The highest BCUT2D eigenvalue weighted by atomic mass is 16.7. The Morgan fingerprint density at radius 1 is 1.37 bits per heavy atom. The van der Waals surface area contributed by atoms with Gasteiger partial charge in [-0.25, -0.2) is 0 Å². The normalized spacial score (nSPS) is 44.5. The second-order valence-corrected chi connectivity index (χ2v) is 9.14. The molecule has 1 N–H and O–H groups in total. The van der Waals surface area contributed by atoms with Gasteiger partial charge in [0.15, 0.2) is 11.4 Å². The van der Waals surface area contributed by atoms with Gasteiger partial charge in [0.2, 0.25) is 5.78 Å². The zero-order valence-corrected chi connectivity index (χ0v) is 17.9. The molecule has 8 heteroatoms. The van der Waals surface area contributed by atoms with Crippen molar-refractivity contribution in [2.75, 3.05) is 6.61 Å². The second-order valence-electron chi connectivity index (χ2n) is 9.14. The van der Waals surface area contributed by atoms with Gasteiger partial charge in [-0.1, -0.05) is 13.8 Å².